The Balaban J connectivity index is 1.62. The van der Waals surface area contributed by atoms with Crippen LogP contribution in [0.5, 0.6) is 0 Å². The van der Waals surface area contributed by atoms with Crippen molar-refractivity contribution in [2.45, 2.75) is 33.0 Å². The summed E-state index contributed by atoms with van der Waals surface area (Å²) < 4.78 is 11.0. The Labute approximate surface area is 152 Å². The number of hydrogen-bond acceptors (Lipinski definition) is 6. The second kappa shape index (κ2) is 8.44. The summed E-state index contributed by atoms with van der Waals surface area (Å²) in [7, 11) is 0. The van der Waals surface area contributed by atoms with Crippen molar-refractivity contribution in [2.75, 3.05) is 11.9 Å². The van der Waals surface area contributed by atoms with Gasteiger partial charge in [-0.2, -0.15) is 0 Å². The monoisotopic (exact) mass is 354 g/mol. The Morgan fingerprint density at radius 3 is 3.00 bits per heavy atom. The van der Waals surface area contributed by atoms with E-state index in [-0.39, 0.29) is 12.1 Å². The third kappa shape index (κ3) is 4.80. The smallest absolute Gasteiger partial charge is 0.251 e. The summed E-state index contributed by atoms with van der Waals surface area (Å²) >= 11 is 0. The number of hydrogen-bond donors (Lipinski definition) is 2. The molecule has 0 aliphatic carbocycles. The number of rotatable bonds is 6. The van der Waals surface area contributed by atoms with Crippen LogP contribution in [0, 0.1) is 6.92 Å². The zero-order valence-corrected chi connectivity index (χ0v) is 14.9. The highest BCUT2D eigenvalue weighted by Crippen LogP contribution is 2.14. The predicted molar refractivity (Wildman–Crippen MR) is 101 cm³/mol. The van der Waals surface area contributed by atoms with Crippen molar-refractivity contribution < 1.29 is 13.9 Å². The van der Waals surface area contributed by atoms with Crippen molar-refractivity contribution >= 4 is 23.8 Å². The molecule has 0 saturated carbocycles. The summed E-state index contributed by atoms with van der Waals surface area (Å²) in [5.74, 6) is 1.83. The van der Waals surface area contributed by atoms with Gasteiger partial charge in [-0.1, -0.05) is 6.07 Å². The van der Waals surface area contributed by atoms with Crippen LogP contribution in [0.25, 0.3) is 0 Å². The maximum atomic E-state index is 12.3. The molecule has 3 rings (SSSR count). The maximum Gasteiger partial charge on any atom is 0.251 e. The van der Waals surface area contributed by atoms with Gasteiger partial charge in [0.2, 0.25) is 5.96 Å². The molecule has 26 heavy (non-hydrogen) atoms. The number of aryl methyl sites for hydroxylation is 1. The first kappa shape index (κ1) is 17.9. The average molecular weight is 354 g/mol. The van der Waals surface area contributed by atoms with Gasteiger partial charge in [0.1, 0.15) is 11.5 Å². The number of amides is 1. The lowest BCUT2D eigenvalue weighted by molar-refractivity contribution is 0.0747. The molecule has 2 N–H and O–H groups in total. The summed E-state index contributed by atoms with van der Waals surface area (Å²) in [4.78, 5) is 21.0. The molecule has 2 aromatic rings. The SMILES string of the molecule is CCOC1CC=NC(Nc2cccc(C(=O)NCc3ccc(C)o3)c2)=N1. The van der Waals surface area contributed by atoms with Crippen molar-refractivity contribution in [1.29, 1.82) is 0 Å². The molecule has 1 aliphatic rings. The van der Waals surface area contributed by atoms with Crippen molar-refractivity contribution in [3.05, 3.63) is 53.5 Å². The number of guanidine groups is 1. The van der Waals surface area contributed by atoms with Crippen LogP contribution in [0.4, 0.5) is 5.69 Å². The Kier molecular flexibility index (Phi) is 5.80. The number of carbonyl (C=O) groups excluding carboxylic acids is 1. The van der Waals surface area contributed by atoms with Crippen LogP contribution in [-0.2, 0) is 11.3 Å². The van der Waals surface area contributed by atoms with Crippen LogP contribution in [0.3, 0.4) is 0 Å². The number of benzene rings is 1. The van der Waals surface area contributed by atoms with E-state index in [4.69, 9.17) is 9.15 Å². The molecular formula is C19H22N4O3. The molecule has 1 amide bonds. The zero-order chi connectivity index (χ0) is 18.4. The van der Waals surface area contributed by atoms with Gasteiger partial charge in [-0.05, 0) is 44.2 Å². The highest BCUT2D eigenvalue weighted by molar-refractivity contribution is 6.01. The van der Waals surface area contributed by atoms with E-state index in [1.807, 2.05) is 32.0 Å². The molecule has 0 fully saturated rings. The van der Waals surface area contributed by atoms with Gasteiger partial charge in [0.15, 0.2) is 6.23 Å². The lowest BCUT2D eigenvalue weighted by Crippen LogP contribution is -2.23. The lowest BCUT2D eigenvalue weighted by atomic mass is 10.2. The molecule has 0 radical (unpaired) electrons. The second-order valence-electron chi connectivity index (χ2n) is 5.81. The number of ether oxygens (including phenoxy) is 1. The van der Waals surface area contributed by atoms with Gasteiger partial charge < -0.3 is 19.8 Å². The molecule has 1 aromatic heterocycles. The third-order valence-electron chi connectivity index (χ3n) is 3.75. The fourth-order valence-electron chi connectivity index (χ4n) is 2.53. The summed E-state index contributed by atoms with van der Waals surface area (Å²) in [6.07, 6.45) is 2.22. The van der Waals surface area contributed by atoms with E-state index in [0.717, 1.165) is 17.2 Å². The van der Waals surface area contributed by atoms with E-state index in [1.54, 1.807) is 24.4 Å². The van der Waals surface area contributed by atoms with Gasteiger partial charge in [0.25, 0.3) is 5.91 Å². The molecule has 0 saturated heterocycles. The van der Waals surface area contributed by atoms with E-state index in [2.05, 4.69) is 20.6 Å². The minimum absolute atomic E-state index is 0.177. The van der Waals surface area contributed by atoms with Crippen LogP contribution in [0.1, 0.15) is 35.2 Å². The van der Waals surface area contributed by atoms with Gasteiger partial charge >= 0.3 is 0 Å². The third-order valence-corrected chi connectivity index (χ3v) is 3.75. The van der Waals surface area contributed by atoms with E-state index >= 15 is 0 Å². The predicted octanol–water partition coefficient (Wildman–Crippen LogP) is 3.12. The molecular weight excluding hydrogens is 332 g/mol. The molecule has 2 heterocycles. The van der Waals surface area contributed by atoms with E-state index in [1.165, 1.54) is 0 Å². The van der Waals surface area contributed by atoms with Gasteiger partial charge in [-0.3, -0.25) is 4.79 Å². The maximum absolute atomic E-state index is 12.3. The number of furan rings is 1. The Hall–Kier alpha value is -2.93. The van der Waals surface area contributed by atoms with Gasteiger partial charge in [0.05, 0.1) is 6.54 Å². The molecule has 1 aromatic carbocycles. The van der Waals surface area contributed by atoms with E-state index in [0.29, 0.717) is 31.1 Å². The summed E-state index contributed by atoms with van der Waals surface area (Å²) in [5.41, 5.74) is 1.28. The summed E-state index contributed by atoms with van der Waals surface area (Å²) in [5, 5.41) is 5.96. The van der Waals surface area contributed by atoms with Crippen LogP contribution in [0.15, 0.2) is 50.8 Å². The van der Waals surface area contributed by atoms with Crippen LogP contribution in [-0.4, -0.2) is 30.9 Å². The van der Waals surface area contributed by atoms with Crippen molar-refractivity contribution in [3.8, 4) is 0 Å². The molecule has 0 spiro atoms. The Morgan fingerprint density at radius 1 is 1.35 bits per heavy atom. The minimum Gasteiger partial charge on any atom is -0.465 e. The largest absolute Gasteiger partial charge is 0.465 e. The first-order valence-electron chi connectivity index (χ1n) is 8.56. The van der Waals surface area contributed by atoms with Crippen molar-refractivity contribution in [2.24, 2.45) is 9.98 Å². The second-order valence-corrected chi connectivity index (χ2v) is 5.81. The number of nitrogens with zero attached hydrogens (tertiary/aromatic N) is 2. The van der Waals surface area contributed by atoms with Gasteiger partial charge in [0, 0.05) is 30.5 Å². The van der Waals surface area contributed by atoms with Crippen molar-refractivity contribution in [1.82, 2.24) is 5.32 Å². The van der Waals surface area contributed by atoms with Crippen LogP contribution < -0.4 is 10.6 Å². The normalized spacial score (nSPS) is 16.2. The quantitative estimate of drug-likeness (QED) is 0.834. The van der Waals surface area contributed by atoms with Gasteiger partial charge in [-0.15, -0.1) is 0 Å². The number of carbonyl (C=O) groups is 1. The number of aliphatic imine (C=N–C) groups is 2. The summed E-state index contributed by atoms with van der Waals surface area (Å²) in [6, 6.07) is 10.9. The zero-order valence-electron chi connectivity index (χ0n) is 14.9. The fraction of sp³-hybridized carbons (Fsp3) is 0.316. The first-order valence-corrected chi connectivity index (χ1v) is 8.56. The van der Waals surface area contributed by atoms with E-state index in [9.17, 15) is 4.79 Å². The van der Waals surface area contributed by atoms with Crippen LogP contribution >= 0.6 is 0 Å². The highest BCUT2D eigenvalue weighted by Gasteiger charge is 2.12. The molecule has 1 atom stereocenters. The molecule has 7 nitrogen and oxygen atoms in total. The Morgan fingerprint density at radius 2 is 2.23 bits per heavy atom. The number of nitrogens with one attached hydrogen (secondary N) is 2. The fourth-order valence-corrected chi connectivity index (χ4v) is 2.53. The average Bonchev–Trinajstić information content (AvgIpc) is 3.06. The van der Waals surface area contributed by atoms with E-state index < -0.39 is 0 Å². The molecule has 136 valence electrons. The number of anilines is 1. The summed E-state index contributed by atoms with van der Waals surface area (Å²) in [6.45, 7) is 4.74. The highest BCUT2D eigenvalue weighted by atomic mass is 16.5. The van der Waals surface area contributed by atoms with Crippen molar-refractivity contribution in [3.63, 3.8) is 0 Å². The lowest BCUT2D eigenvalue weighted by Gasteiger charge is -2.16. The molecule has 1 unspecified atom stereocenters. The van der Waals surface area contributed by atoms with Crippen LogP contribution in [0.2, 0.25) is 0 Å². The Bertz CT molecular complexity index is 826. The minimum atomic E-state index is -0.219. The standard InChI is InChI=1S/C19H22N4O3/c1-3-25-17-9-10-20-19(23-17)22-15-6-4-5-14(11-15)18(24)21-12-16-8-7-13(2)26-16/h4-8,10-11,17H,3,9,12H2,1-2H3,(H,21,24)(H,22,23). The molecule has 0 bridgehead atoms. The molecule has 7 heteroatoms. The molecule has 1 aliphatic heterocycles. The van der Waals surface area contributed by atoms with Gasteiger partial charge in [-0.25, -0.2) is 9.98 Å². The topological polar surface area (TPSA) is 88.2 Å². The first-order chi connectivity index (χ1) is 12.6.